The Bertz CT molecular complexity index is 477. The summed E-state index contributed by atoms with van der Waals surface area (Å²) in [6.07, 6.45) is 4.31. The van der Waals surface area contributed by atoms with Crippen molar-refractivity contribution in [1.29, 1.82) is 0 Å². The van der Waals surface area contributed by atoms with E-state index in [0.29, 0.717) is 0 Å². The van der Waals surface area contributed by atoms with Crippen LogP contribution in [0.1, 0.15) is 25.7 Å². The molecule has 0 bridgehead atoms. The first kappa shape index (κ1) is 13.4. The van der Waals surface area contributed by atoms with Gasteiger partial charge >= 0.3 is 5.97 Å². The number of nitrogens with one attached hydrogen (secondary N) is 1. The summed E-state index contributed by atoms with van der Waals surface area (Å²) in [6, 6.07) is 10.2. The Morgan fingerprint density at radius 2 is 2.10 bits per heavy atom. The van der Waals surface area contributed by atoms with Gasteiger partial charge in [-0.05, 0) is 37.9 Å². The van der Waals surface area contributed by atoms with Crippen LogP contribution in [-0.2, 0) is 9.53 Å². The quantitative estimate of drug-likeness (QED) is 0.859. The van der Waals surface area contributed by atoms with Crippen LogP contribution in [0.4, 0.5) is 5.69 Å². The average Bonchev–Trinajstić information content (AvgIpc) is 2.88. The van der Waals surface area contributed by atoms with E-state index in [4.69, 9.17) is 4.74 Å². The SMILES string of the molecule is COC(=O)C1(Nc2ccccc2)CCN2CCCCC21. The van der Waals surface area contributed by atoms with Gasteiger partial charge in [0.25, 0.3) is 0 Å². The van der Waals surface area contributed by atoms with Crippen molar-refractivity contribution >= 4 is 11.7 Å². The molecule has 0 aromatic heterocycles. The summed E-state index contributed by atoms with van der Waals surface area (Å²) in [5.74, 6) is -0.129. The van der Waals surface area contributed by atoms with E-state index >= 15 is 0 Å². The number of methoxy groups -OCH3 is 1. The van der Waals surface area contributed by atoms with Crippen molar-refractivity contribution in [3.63, 3.8) is 0 Å². The highest BCUT2D eigenvalue weighted by Crippen LogP contribution is 2.38. The van der Waals surface area contributed by atoms with Crippen molar-refractivity contribution in [2.75, 3.05) is 25.5 Å². The highest BCUT2D eigenvalue weighted by Gasteiger charge is 2.54. The smallest absolute Gasteiger partial charge is 0.333 e. The molecule has 2 atom stereocenters. The average molecular weight is 274 g/mol. The molecule has 3 rings (SSSR count). The number of nitrogens with zero attached hydrogens (tertiary/aromatic N) is 1. The first-order valence-electron chi connectivity index (χ1n) is 7.42. The van der Waals surface area contributed by atoms with Crippen LogP contribution in [0, 0.1) is 0 Å². The van der Waals surface area contributed by atoms with Crippen molar-refractivity contribution in [3.05, 3.63) is 30.3 Å². The Labute approximate surface area is 120 Å². The lowest BCUT2D eigenvalue weighted by atomic mass is 9.85. The normalized spacial score (nSPS) is 29.8. The number of anilines is 1. The van der Waals surface area contributed by atoms with E-state index in [0.717, 1.165) is 31.6 Å². The lowest BCUT2D eigenvalue weighted by Gasteiger charge is -2.39. The molecule has 20 heavy (non-hydrogen) atoms. The van der Waals surface area contributed by atoms with Crippen molar-refractivity contribution in [2.24, 2.45) is 0 Å². The monoisotopic (exact) mass is 274 g/mol. The topological polar surface area (TPSA) is 41.6 Å². The molecule has 2 unspecified atom stereocenters. The summed E-state index contributed by atoms with van der Waals surface area (Å²) in [7, 11) is 1.49. The summed E-state index contributed by atoms with van der Waals surface area (Å²) in [4.78, 5) is 14.9. The van der Waals surface area contributed by atoms with Crippen molar-refractivity contribution in [1.82, 2.24) is 4.90 Å². The molecule has 1 N–H and O–H groups in total. The fraction of sp³-hybridized carbons (Fsp3) is 0.562. The number of hydrogen-bond donors (Lipinski definition) is 1. The fourth-order valence-electron chi connectivity index (χ4n) is 3.70. The Kier molecular flexibility index (Phi) is 3.66. The van der Waals surface area contributed by atoms with Crippen LogP contribution in [0.3, 0.4) is 0 Å². The van der Waals surface area contributed by atoms with Gasteiger partial charge in [0, 0.05) is 18.3 Å². The molecule has 108 valence electrons. The number of ether oxygens (including phenoxy) is 1. The van der Waals surface area contributed by atoms with Gasteiger partial charge in [0.2, 0.25) is 0 Å². The van der Waals surface area contributed by atoms with Gasteiger partial charge in [-0.15, -0.1) is 0 Å². The molecule has 2 fully saturated rings. The van der Waals surface area contributed by atoms with Gasteiger partial charge in [0.15, 0.2) is 5.54 Å². The highest BCUT2D eigenvalue weighted by molar-refractivity contribution is 5.86. The lowest BCUT2D eigenvalue weighted by Crippen LogP contribution is -2.57. The second-order valence-electron chi connectivity index (χ2n) is 5.75. The molecule has 0 aliphatic carbocycles. The van der Waals surface area contributed by atoms with E-state index in [9.17, 15) is 4.79 Å². The first-order valence-corrected chi connectivity index (χ1v) is 7.42. The Morgan fingerprint density at radius 3 is 2.85 bits per heavy atom. The molecule has 0 saturated carbocycles. The zero-order valence-electron chi connectivity index (χ0n) is 12.0. The molecule has 1 aromatic rings. The molecule has 2 aliphatic rings. The highest BCUT2D eigenvalue weighted by atomic mass is 16.5. The maximum atomic E-state index is 12.5. The third-order valence-corrected chi connectivity index (χ3v) is 4.67. The second kappa shape index (κ2) is 5.44. The molecule has 0 radical (unpaired) electrons. The van der Waals surface area contributed by atoms with Gasteiger partial charge < -0.3 is 10.1 Å². The molecule has 0 amide bonds. The molecule has 4 heteroatoms. The Morgan fingerprint density at radius 1 is 1.30 bits per heavy atom. The number of benzene rings is 1. The molecule has 1 aromatic carbocycles. The van der Waals surface area contributed by atoms with Crippen LogP contribution >= 0.6 is 0 Å². The minimum Gasteiger partial charge on any atom is -0.467 e. The fourth-order valence-corrected chi connectivity index (χ4v) is 3.70. The number of carbonyl (C=O) groups is 1. The van der Waals surface area contributed by atoms with Crippen molar-refractivity contribution in [3.8, 4) is 0 Å². The molecule has 2 saturated heterocycles. The predicted octanol–water partition coefficient (Wildman–Crippen LogP) is 2.27. The van der Waals surface area contributed by atoms with Crippen LogP contribution in [0.2, 0.25) is 0 Å². The summed E-state index contributed by atoms with van der Waals surface area (Å²) in [6.45, 7) is 2.07. The molecular weight excluding hydrogens is 252 g/mol. The third-order valence-electron chi connectivity index (χ3n) is 4.67. The van der Waals surface area contributed by atoms with Crippen LogP contribution in [0.15, 0.2) is 30.3 Å². The summed E-state index contributed by atoms with van der Waals surface area (Å²) in [5.41, 5.74) is 0.404. The zero-order chi connectivity index (χ0) is 14.0. The summed E-state index contributed by atoms with van der Waals surface area (Å²) >= 11 is 0. The Balaban J connectivity index is 1.91. The first-order chi connectivity index (χ1) is 9.76. The van der Waals surface area contributed by atoms with Crippen LogP contribution < -0.4 is 5.32 Å². The number of hydrogen-bond acceptors (Lipinski definition) is 4. The molecule has 2 heterocycles. The number of fused-ring (bicyclic) bond motifs is 1. The van der Waals surface area contributed by atoms with Crippen LogP contribution in [0.25, 0.3) is 0 Å². The number of carbonyl (C=O) groups excluding carboxylic acids is 1. The largest absolute Gasteiger partial charge is 0.467 e. The van der Waals surface area contributed by atoms with Crippen LogP contribution in [-0.4, -0.2) is 42.6 Å². The third kappa shape index (κ3) is 2.18. The van der Waals surface area contributed by atoms with E-state index in [1.54, 1.807) is 0 Å². The lowest BCUT2D eigenvalue weighted by molar-refractivity contribution is -0.147. The van der Waals surface area contributed by atoms with Crippen LogP contribution in [0.5, 0.6) is 0 Å². The summed E-state index contributed by atoms with van der Waals surface area (Å²) < 4.78 is 5.13. The van der Waals surface area contributed by atoms with E-state index in [1.165, 1.54) is 20.0 Å². The van der Waals surface area contributed by atoms with Gasteiger partial charge in [0.1, 0.15) is 0 Å². The standard InChI is InChI=1S/C16H22N2O2/c1-20-15(19)16(17-13-7-3-2-4-8-13)10-12-18-11-6-5-9-14(16)18/h2-4,7-8,14,17H,5-6,9-12H2,1H3. The minimum absolute atomic E-state index is 0.129. The maximum absolute atomic E-state index is 12.5. The van der Waals surface area contributed by atoms with E-state index in [1.807, 2.05) is 30.3 Å². The molecular formula is C16H22N2O2. The number of piperidine rings is 1. The van der Waals surface area contributed by atoms with Gasteiger partial charge in [-0.3, -0.25) is 4.90 Å². The predicted molar refractivity (Wildman–Crippen MR) is 78.6 cm³/mol. The zero-order valence-corrected chi connectivity index (χ0v) is 12.0. The van der Waals surface area contributed by atoms with Crippen molar-refractivity contribution in [2.45, 2.75) is 37.3 Å². The summed E-state index contributed by atoms with van der Waals surface area (Å²) in [5, 5.41) is 3.49. The van der Waals surface area contributed by atoms with E-state index in [-0.39, 0.29) is 12.0 Å². The second-order valence-corrected chi connectivity index (χ2v) is 5.75. The number of esters is 1. The Hall–Kier alpha value is -1.55. The van der Waals surface area contributed by atoms with Gasteiger partial charge in [0.05, 0.1) is 7.11 Å². The van der Waals surface area contributed by atoms with E-state index in [2.05, 4.69) is 10.2 Å². The number of rotatable bonds is 3. The van der Waals surface area contributed by atoms with E-state index < -0.39 is 5.54 Å². The maximum Gasteiger partial charge on any atom is 0.333 e. The molecule has 2 aliphatic heterocycles. The number of para-hydroxylation sites is 1. The van der Waals surface area contributed by atoms with Crippen molar-refractivity contribution < 1.29 is 9.53 Å². The van der Waals surface area contributed by atoms with Gasteiger partial charge in [-0.25, -0.2) is 4.79 Å². The molecule has 0 spiro atoms. The van der Waals surface area contributed by atoms with Gasteiger partial charge in [-0.2, -0.15) is 0 Å². The molecule has 4 nitrogen and oxygen atoms in total. The minimum atomic E-state index is -0.587. The van der Waals surface area contributed by atoms with Gasteiger partial charge in [-0.1, -0.05) is 24.6 Å².